The van der Waals surface area contributed by atoms with E-state index in [1.54, 1.807) is 17.8 Å². The standard InChI is InChI=1S/C26H24N2O3S/c1-3-32-25-11-7-6-10-22(25)27-26(29)23-16-24(31-28-23)19-12-14-21(15-13-19)30-17-20-9-5-4-8-18(20)2/h4-16H,3,17H2,1-2H3,(H,27,29). The number of anilines is 1. The van der Waals surface area contributed by atoms with Crippen molar-refractivity contribution in [2.45, 2.75) is 25.3 Å². The highest BCUT2D eigenvalue weighted by molar-refractivity contribution is 7.99. The summed E-state index contributed by atoms with van der Waals surface area (Å²) < 4.78 is 11.3. The zero-order chi connectivity index (χ0) is 22.3. The average molecular weight is 445 g/mol. The Morgan fingerprint density at radius 1 is 1.03 bits per heavy atom. The fourth-order valence-electron chi connectivity index (χ4n) is 3.20. The summed E-state index contributed by atoms with van der Waals surface area (Å²) >= 11 is 1.68. The number of amides is 1. The summed E-state index contributed by atoms with van der Waals surface area (Å²) in [4.78, 5) is 13.7. The minimum Gasteiger partial charge on any atom is -0.489 e. The van der Waals surface area contributed by atoms with Gasteiger partial charge in [-0.05, 0) is 60.2 Å². The third-order valence-electron chi connectivity index (χ3n) is 4.97. The number of aromatic nitrogens is 1. The molecule has 0 unspecified atom stereocenters. The van der Waals surface area contributed by atoms with Gasteiger partial charge < -0.3 is 14.6 Å². The van der Waals surface area contributed by atoms with Crippen LogP contribution >= 0.6 is 11.8 Å². The lowest BCUT2D eigenvalue weighted by atomic mass is 10.1. The number of rotatable bonds is 8. The summed E-state index contributed by atoms with van der Waals surface area (Å²) in [5.74, 6) is 1.91. The molecule has 1 heterocycles. The Morgan fingerprint density at radius 2 is 1.78 bits per heavy atom. The van der Waals surface area contributed by atoms with Crippen LogP contribution in [0.1, 0.15) is 28.5 Å². The van der Waals surface area contributed by atoms with Gasteiger partial charge >= 0.3 is 0 Å². The molecule has 0 saturated heterocycles. The van der Waals surface area contributed by atoms with Crippen LogP contribution in [0.3, 0.4) is 0 Å². The van der Waals surface area contributed by atoms with E-state index >= 15 is 0 Å². The van der Waals surface area contributed by atoms with Gasteiger partial charge in [-0.1, -0.05) is 48.5 Å². The molecule has 4 rings (SSSR count). The van der Waals surface area contributed by atoms with E-state index in [1.807, 2.05) is 60.7 Å². The van der Waals surface area contributed by atoms with E-state index in [-0.39, 0.29) is 11.6 Å². The topological polar surface area (TPSA) is 64.4 Å². The maximum atomic E-state index is 12.7. The first kappa shape index (κ1) is 21.7. The monoisotopic (exact) mass is 444 g/mol. The van der Waals surface area contributed by atoms with E-state index in [9.17, 15) is 4.79 Å². The summed E-state index contributed by atoms with van der Waals surface area (Å²) in [6.45, 7) is 4.66. The van der Waals surface area contributed by atoms with Crippen molar-refractivity contribution in [2.75, 3.05) is 11.1 Å². The molecule has 162 valence electrons. The molecule has 0 fully saturated rings. The van der Waals surface area contributed by atoms with Gasteiger partial charge in [0, 0.05) is 16.5 Å². The molecule has 1 aromatic heterocycles. The Balaban J connectivity index is 1.41. The maximum absolute atomic E-state index is 12.7. The van der Waals surface area contributed by atoms with Crippen LogP contribution in [0.5, 0.6) is 5.75 Å². The zero-order valence-electron chi connectivity index (χ0n) is 18.0. The van der Waals surface area contributed by atoms with Crippen molar-refractivity contribution in [3.05, 3.63) is 95.7 Å². The van der Waals surface area contributed by atoms with Crippen LogP contribution in [0.25, 0.3) is 11.3 Å². The van der Waals surface area contributed by atoms with Gasteiger partial charge in [0.1, 0.15) is 12.4 Å². The Hall–Kier alpha value is -3.51. The summed E-state index contributed by atoms with van der Waals surface area (Å²) in [5.41, 5.74) is 4.18. The largest absolute Gasteiger partial charge is 0.489 e. The number of nitrogens with zero attached hydrogens (tertiary/aromatic N) is 1. The first-order valence-electron chi connectivity index (χ1n) is 10.4. The number of carbonyl (C=O) groups is 1. The molecule has 6 heteroatoms. The van der Waals surface area contributed by atoms with Crippen LogP contribution in [-0.2, 0) is 6.61 Å². The predicted octanol–water partition coefficient (Wildman–Crippen LogP) is 6.59. The van der Waals surface area contributed by atoms with E-state index < -0.39 is 0 Å². The van der Waals surface area contributed by atoms with E-state index in [2.05, 4.69) is 36.5 Å². The van der Waals surface area contributed by atoms with Crippen molar-refractivity contribution >= 4 is 23.4 Å². The van der Waals surface area contributed by atoms with Crippen molar-refractivity contribution in [1.82, 2.24) is 5.16 Å². The molecule has 0 radical (unpaired) electrons. The molecule has 0 aliphatic heterocycles. The van der Waals surface area contributed by atoms with Gasteiger partial charge in [0.15, 0.2) is 11.5 Å². The number of benzene rings is 3. The van der Waals surface area contributed by atoms with E-state index in [0.29, 0.717) is 12.4 Å². The van der Waals surface area contributed by atoms with Crippen LogP contribution in [0.2, 0.25) is 0 Å². The average Bonchev–Trinajstić information content (AvgIpc) is 3.31. The molecule has 1 N–H and O–H groups in total. The van der Waals surface area contributed by atoms with Gasteiger partial charge in [-0.15, -0.1) is 11.8 Å². The normalized spacial score (nSPS) is 10.7. The van der Waals surface area contributed by atoms with Crippen LogP contribution in [0.4, 0.5) is 5.69 Å². The fourth-order valence-corrected chi connectivity index (χ4v) is 3.96. The highest BCUT2D eigenvalue weighted by Gasteiger charge is 2.15. The van der Waals surface area contributed by atoms with Crippen molar-refractivity contribution in [3.8, 4) is 17.1 Å². The highest BCUT2D eigenvalue weighted by atomic mass is 32.2. The van der Waals surface area contributed by atoms with E-state index in [1.165, 1.54) is 5.56 Å². The van der Waals surface area contributed by atoms with Crippen molar-refractivity contribution in [1.29, 1.82) is 0 Å². The van der Waals surface area contributed by atoms with Crippen LogP contribution in [0, 0.1) is 6.92 Å². The number of hydrogen-bond donors (Lipinski definition) is 1. The molecular weight excluding hydrogens is 420 g/mol. The van der Waals surface area contributed by atoms with Gasteiger partial charge in [-0.3, -0.25) is 4.79 Å². The van der Waals surface area contributed by atoms with Crippen molar-refractivity contribution < 1.29 is 14.1 Å². The molecule has 0 spiro atoms. The molecule has 0 aliphatic rings. The quantitative estimate of drug-likeness (QED) is 0.310. The number of carbonyl (C=O) groups excluding carboxylic acids is 1. The Morgan fingerprint density at radius 3 is 2.56 bits per heavy atom. The minimum absolute atomic E-state index is 0.233. The van der Waals surface area contributed by atoms with Crippen LogP contribution in [0.15, 0.2) is 88.3 Å². The van der Waals surface area contributed by atoms with Crippen LogP contribution in [-0.4, -0.2) is 16.8 Å². The van der Waals surface area contributed by atoms with Gasteiger partial charge in [0.25, 0.3) is 5.91 Å². The van der Waals surface area contributed by atoms with E-state index in [4.69, 9.17) is 9.26 Å². The molecule has 1 amide bonds. The van der Waals surface area contributed by atoms with Gasteiger partial charge in [0.05, 0.1) is 5.69 Å². The summed E-state index contributed by atoms with van der Waals surface area (Å²) in [7, 11) is 0. The van der Waals surface area contributed by atoms with Gasteiger partial charge in [0.2, 0.25) is 0 Å². The summed E-state index contributed by atoms with van der Waals surface area (Å²) in [6, 6.07) is 25.1. The third kappa shape index (κ3) is 5.21. The molecule has 32 heavy (non-hydrogen) atoms. The molecular formula is C26H24N2O3S. The molecule has 0 saturated carbocycles. The number of hydrogen-bond acceptors (Lipinski definition) is 5. The van der Waals surface area contributed by atoms with Crippen molar-refractivity contribution in [3.63, 3.8) is 0 Å². The lowest BCUT2D eigenvalue weighted by molar-refractivity contribution is 0.101. The molecule has 3 aromatic carbocycles. The number of ether oxygens (including phenoxy) is 1. The first-order valence-corrected chi connectivity index (χ1v) is 11.4. The number of thioether (sulfide) groups is 1. The smallest absolute Gasteiger partial charge is 0.277 e. The molecule has 5 nitrogen and oxygen atoms in total. The second-order valence-electron chi connectivity index (χ2n) is 7.20. The lowest BCUT2D eigenvalue weighted by Crippen LogP contribution is -2.12. The summed E-state index contributed by atoms with van der Waals surface area (Å²) in [6.07, 6.45) is 0. The second kappa shape index (κ2) is 10.2. The number of aryl methyl sites for hydroxylation is 1. The van der Waals surface area contributed by atoms with Crippen LogP contribution < -0.4 is 10.1 Å². The molecule has 0 atom stereocenters. The first-order chi connectivity index (χ1) is 15.6. The Kier molecular flexibility index (Phi) is 6.92. The molecule has 4 aromatic rings. The van der Waals surface area contributed by atoms with Crippen molar-refractivity contribution in [2.24, 2.45) is 0 Å². The van der Waals surface area contributed by atoms with Gasteiger partial charge in [-0.25, -0.2) is 0 Å². The predicted molar refractivity (Wildman–Crippen MR) is 128 cm³/mol. The lowest BCUT2D eigenvalue weighted by Gasteiger charge is -2.08. The highest BCUT2D eigenvalue weighted by Crippen LogP contribution is 2.28. The Labute approximate surface area is 191 Å². The zero-order valence-corrected chi connectivity index (χ0v) is 18.8. The Bertz CT molecular complexity index is 1200. The molecule has 0 aliphatic carbocycles. The third-order valence-corrected chi connectivity index (χ3v) is 5.93. The second-order valence-corrected chi connectivity index (χ2v) is 8.51. The van der Waals surface area contributed by atoms with Gasteiger partial charge in [-0.2, -0.15) is 0 Å². The SMILES string of the molecule is CCSc1ccccc1NC(=O)c1cc(-c2ccc(OCc3ccccc3C)cc2)on1. The summed E-state index contributed by atoms with van der Waals surface area (Å²) in [5, 5.41) is 6.87. The maximum Gasteiger partial charge on any atom is 0.277 e. The van der Waals surface area contributed by atoms with E-state index in [0.717, 1.165) is 33.2 Å². The number of para-hydroxylation sites is 1. The number of nitrogens with one attached hydrogen (secondary N) is 1. The molecule has 0 bridgehead atoms. The fraction of sp³-hybridized carbons (Fsp3) is 0.154. The minimum atomic E-state index is -0.303.